The number of carbonyl (C=O) groups excluding carboxylic acids is 1. The predicted octanol–water partition coefficient (Wildman–Crippen LogP) is 9.74. The molecule has 6 heterocycles. The first kappa shape index (κ1) is 54.5. The van der Waals surface area contributed by atoms with E-state index in [1.165, 1.54) is 42.1 Å². The maximum absolute atomic E-state index is 16.8. The standard InChI is InChI=1S/C59H65F2N9O9S/c1-37(2)43-7-5-6-8-44(43)50-35-67(34-38-9-11-41(77-4)12-10-38)23-24-69(50)40-31-58(32-40)16-21-68(22-17-58)48-29-51(79-42-27-39-15-20-62-56(39)63-33-42)46(28-47(48)60)57(72)65-80(75,76)52-30-49(70(73)74)54(55-45(52)13-14-53(71)66(55)3)64-36-59(61)18-25-78-26-19-59/h5-15,20,27-30,33,37,40,50,64H,16-19,21-26,31-32,34-36H2,1-4H3,(H,62,63)(H,65,72)/t50-/m0/s1. The first-order valence-electron chi connectivity index (χ1n) is 27.2. The van der Waals surface area contributed by atoms with Gasteiger partial charge in [-0.3, -0.25) is 29.5 Å². The molecule has 1 saturated carbocycles. The van der Waals surface area contributed by atoms with Crippen molar-refractivity contribution < 1.29 is 41.1 Å². The van der Waals surface area contributed by atoms with Gasteiger partial charge in [0.05, 0.1) is 35.0 Å². The Balaban J connectivity index is 0.844. The molecule has 3 saturated heterocycles. The fourth-order valence-corrected chi connectivity index (χ4v) is 13.6. The minimum absolute atomic E-state index is 0.00900. The second-order valence-electron chi connectivity index (χ2n) is 22.2. The van der Waals surface area contributed by atoms with Gasteiger partial charge in [0.1, 0.15) is 45.0 Å². The lowest BCUT2D eigenvalue weighted by atomic mass is 9.59. The number of nitrogens with zero attached hydrogens (tertiary/aromatic N) is 6. The van der Waals surface area contributed by atoms with Crippen molar-refractivity contribution in [2.45, 2.75) is 87.5 Å². The summed E-state index contributed by atoms with van der Waals surface area (Å²) in [5, 5.41) is 16.0. The molecule has 0 radical (unpaired) electrons. The van der Waals surface area contributed by atoms with Crippen LogP contribution < -0.4 is 30.0 Å². The number of aromatic nitrogens is 3. The third-order valence-electron chi connectivity index (χ3n) is 16.9. The summed E-state index contributed by atoms with van der Waals surface area (Å²) in [4.78, 5) is 53.3. The van der Waals surface area contributed by atoms with Gasteiger partial charge in [0.15, 0.2) is 0 Å². The molecule has 4 aromatic carbocycles. The van der Waals surface area contributed by atoms with Crippen LogP contribution in [0.3, 0.4) is 0 Å². The maximum atomic E-state index is 16.8. The summed E-state index contributed by atoms with van der Waals surface area (Å²) in [5.74, 6) is -0.868. The predicted molar refractivity (Wildman–Crippen MR) is 301 cm³/mol. The van der Waals surface area contributed by atoms with Crippen molar-refractivity contribution in [2.24, 2.45) is 12.5 Å². The molecule has 4 aliphatic rings. The third-order valence-corrected chi connectivity index (χ3v) is 18.3. The Hall–Kier alpha value is -7.46. The SMILES string of the molecule is COc1ccc(CN2CCN(C3CC4(CCN(c5cc(Oc6cnc7[nH]ccc7c6)c(C(=O)NS(=O)(=O)c6cc([N+](=O)[O-])c(NCC7(F)CCOCC7)c7c6ccc(=O)n7C)cc5F)CC4)C3)[C@H](c3ccccc3C(C)C)C2)cc1. The summed E-state index contributed by atoms with van der Waals surface area (Å²) in [6.07, 6.45) is 6.78. The molecule has 1 atom stereocenters. The van der Waals surface area contributed by atoms with Crippen LogP contribution in [-0.2, 0) is 28.4 Å². The fourth-order valence-electron chi connectivity index (χ4n) is 12.5. The molecule has 3 N–H and O–H groups in total. The highest BCUT2D eigenvalue weighted by atomic mass is 32.2. The van der Waals surface area contributed by atoms with Crippen LogP contribution in [0.1, 0.15) is 91.4 Å². The van der Waals surface area contributed by atoms with Crippen molar-refractivity contribution in [3.05, 3.63) is 152 Å². The maximum Gasteiger partial charge on any atom is 0.295 e. The van der Waals surface area contributed by atoms with Crippen LogP contribution in [0, 0.1) is 21.3 Å². The number of piperidine rings is 1. The number of aromatic amines is 1. The Morgan fingerprint density at radius 2 is 1.71 bits per heavy atom. The average molecular weight is 1110 g/mol. The second-order valence-corrected chi connectivity index (χ2v) is 23.9. The molecule has 18 nitrogen and oxygen atoms in total. The van der Waals surface area contributed by atoms with Crippen molar-refractivity contribution >= 4 is 54.9 Å². The van der Waals surface area contributed by atoms with Crippen LogP contribution in [0.2, 0.25) is 0 Å². The van der Waals surface area contributed by atoms with Gasteiger partial charge >= 0.3 is 0 Å². The van der Waals surface area contributed by atoms with Gasteiger partial charge in [-0.25, -0.2) is 26.9 Å². The van der Waals surface area contributed by atoms with Crippen molar-refractivity contribution in [1.82, 2.24) is 29.1 Å². The van der Waals surface area contributed by atoms with E-state index in [-0.39, 0.29) is 71.3 Å². The monoisotopic (exact) mass is 1110 g/mol. The molecule has 1 amide bonds. The first-order chi connectivity index (χ1) is 38.4. The number of methoxy groups -OCH3 is 1. The molecule has 11 rings (SSSR count). The molecular formula is C59H65F2N9O9S. The highest BCUT2D eigenvalue weighted by Crippen LogP contribution is 2.54. The van der Waals surface area contributed by atoms with E-state index in [0.29, 0.717) is 36.1 Å². The van der Waals surface area contributed by atoms with Gasteiger partial charge in [0.2, 0.25) is 0 Å². The highest BCUT2D eigenvalue weighted by molar-refractivity contribution is 7.90. The third kappa shape index (κ3) is 10.8. The number of H-pyrrole nitrogens is 1. The average Bonchev–Trinajstić information content (AvgIpc) is 3.92. The van der Waals surface area contributed by atoms with Crippen LogP contribution in [0.25, 0.3) is 21.9 Å². The zero-order valence-electron chi connectivity index (χ0n) is 45.2. The van der Waals surface area contributed by atoms with Gasteiger partial charge in [0, 0.05) is 126 Å². The van der Waals surface area contributed by atoms with Gasteiger partial charge < -0.3 is 34.0 Å². The quantitative estimate of drug-likeness (QED) is 0.0609. The van der Waals surface area contributed by atoms with E-state index in [0.717, 1.165) is 80.4 Å². The summed E-state index contributed by atoms with van der Waals surface area (Å²) in [5.41, 5.74) is 0.569. The van der Waals surface area contributed by atoms with E-state index >= 15 is 8.78 Å². The molecule has 7 aromatic rings. The molecule has 0 unspecified atom stereocenters. The number of nitro benzene ring substituents is 1. The van der Waals surface area contributed by atoms with Crippen LogP contribution in [-0.4, -0.2) is 115 Å². The van der Waals surface area contributed by atoms with E-state index in [1.807, 2.05) is 21.8 Å². The number of aryl methyl sites for hydroxylation is 1. The summed E-state index contributed by atoms with van der Waals surface area (Å²) in [6, 6.07) is 26.5. The number of hydrogen-bond donors (Lipinski definition) is 3. The van der Waals surface area contributed by atoms with Crippen LogP contribution in [0.4, 0.5) is 25.8 Å². The molecule has 4 fully saturated rings. The Bertz CT molecular complexity index is 3660. The smallest absolute Gasteiger partial charge is 0.295 e. The van der Waals surface area contributed by atoms with E-state index < -0.39 is 60.6 Å². The van der Waals surface area contributed by atoms with Crippen LogP contribution in [0.15, 0.2) is 113 Å². The van der Waals surface area contributed by atoms with Gasteiger partial charge in [-0.15, -0.1) is 0 Å². The van der Waals surface area contributed by atoms with E-state index in [4.69, 9.17) is 14.2 Å². The first-order valence-corrected chi connectivity index (χ1v) is 28.7. The Morgan fingerprint density at radius 1 is 0.963 bits per heavy atom. The Kier molecular flexibility index (Phi) is 14.9. The van der Waals surface area contributed by atoms with Gasteiger partial charge in [0.25, 0.3) is 27.2 Å². The summed E-state index contributed by atoms with van der Waals surface area (Å²) in [7, 11) is -2.08. The van der Waals surface area contributed by atoms with E-state index in [9.17, 15) is 28.1 Å². The normalized spacial score (nSPS) is 18.8. The highest BCUT2D eigenvalue weighted by Gasteiger charge is 2.50. The number of rotatable bonds is 16. The summed E-state index contributed by atoms with van der Waals surface area (Å²) >= 11 is 0. The summed E-state index contributed by atoms with van der Waals surface area (Å²) in [6.45, 7) is 9.05. The fraction of sp³-hybridized carbons (Fsp3) is 0.407. The molecule has 21 heteroatoms. The molecule has 1 aliphatic carbocycles. The largest absolute Gasteiger partial charge is 0.497 e. The molecule has 3 aliphatic heterocycles. The number of piperazine rings is 1. The lowest BCUT2D eigenvalue weighted by Crippen LogP contribution is -2.60. The van der Waals surface area contributed by atoms with Crippen molar-refractivity contribution in [2.75, 3.05) is 69.8 Å². The van der Waals surface area contributed by atoms with E-state index in [2.05, 4.69) is 75.3 Å². The number of fused-ring (bicyclic) bond motifs is 2. The van der Waals surface area contributed by atoms with Crippen LogP contribution >= 0.6 is 0 Å². The topological polar surface area (TPSA) is 206 Å². The molecule has 1 spiro atoms. The molecule has 80 heavy (non-hydrogen) atoms. The number of sulfonamides is 1. The van der Waals surface area contributed by atoms with E-state index in [1.54, 1.807) is 25.4 Å². The number of pyridine rings is 2. The number of nitro groups is 1. The molecule has 3 aromatic heterocycles. The number of benzene rings is 4. The second kappa shape index (κ2) is 21.9. The zero-order chi connectivity index (χ0) is 56.1. The lowest BCUT2D eigenvalue weighted by Gasteiger charge is -2.58. The van der Waals surface area contributed by atoms with Crippen molar-refractivity contribution in [3.8, 4) is 17.2 Å². The lowest BCUT2D eigenvalue weighted by molar-refractivity contribution is -0.384. The number of halogens is 2. The number of anilines is 2. The number of hydrogen-bond acceptors (Lipinski definition) is 14. The molecular weight excluding hydrogens is 1050 g/mol. The Labute approximate surface area is 462 Å². The Morgan fingerprint density at radius 3 is 2.44 bits per heavy atom. The van der Waals surface area contributed by atoms with Gasteiger partial charge in [-0.2, -0.15) is 0 Å². The number of nitrogens with one attached hydrogen (secondary N) is 3. The number of carbonyl (C=O) groups is 1. The zero-order valence-corrected chi connectivity index (χ0v) is 46.0. The minimum atomic E-state index is -5.06. The van der Waals surface area contributed by atoms with Crippen molar-refractivity contribution in [1.29, 1.82) is 0 Å². The summed E-state index contributed by atoms with van der Waals surface area (Å²) < 4.78 is 81.7. The van der Waals surface area contributed by atoms with Crippen LogP contribution in [0.5, 0.6) is 17.2 Å². The number of ether oxygens (including phenoxy) is 3. The number of alkyl halides is 1. The minimum Gasteiger partial charge on any atom is -0.497 e. The molecule has 0 bridgehead atoms. The molecule has 420 valence electrons. The van der Waals surface area contributed by atoms with Gasteiger partial charge in [-0.05, 0) is 90.1 Å². The number of amides is 1. The van der Waals surface area contributed by atoms with Crippen molar-refractivity contribution in [3.63, 3.8) is 0 Å². The van der Waals surface area contributed by atoms with Gasteiger partial charge in [-0.1, -0.05) is 50.2 Å².